The Kier molecular flexibility index (Phi) is 3.05. The van der Waals surface area contributed by atoms with Crippen molar-refractivity contribution in [1.82, 2.24) is 24.6 Å². The van der Waals surface area contributed by atoms with Crippen molar-refractivity contribution in [2.75, 3.05) is 19.0 Å². The van der Waals surface area contributed by atoms with Gasteiger partial charge in [0.15, 0.2) is 0 Å². The summed E-state index contributed by atoms with van der Waals surface area (Å²) in [6.45, 7) is 0. The van der Waals surface area contributed by atoms with Gasteiger partial charge in [0, 0.05) is 17.7 Å². The normalized spacial score (nSPS) is 10.9. The number of aromatic nitrogens is 5. The van der Waals surface area contributed by atoms with Gasteiger partial charge in [-0.05, 0) is 28.7 Å². The van der Waals surface area contributed by atoms with E-state index in [-0.39, 0.29) is 0 Å². The first-order chi connectivity index (χ1) is 9.15. The molecule has 7 heteroatoms. The highest BCUT2D eigenvalue weighted by Crippen LogP contribution is 2.24. The van der Waals surface area contributed by atoms with Crippen LogP contribution < -0.4 is 4.90 Å². The summed E-state index contributed by atoms with van der Waals surface area (Å²) in [5.41, 5.74) is 2.68. The second-order valence-electron chi connectivity index (χ2n) is 4.23. The Morgan fingerprint density at radius 3 is 2.68 bits per heavy atom. The molecule has 0 bridgehead atoms. The largest absolute Gasteiger partial charge is 0.376 e. The predicted octanol–water partition coefficient (Wildman–Crippen LogP) is 1.86. The van der Waals surface area contributed by atoms with Gasteiger partial charge in [0.1, 0.15) is 5.69 Å². The summed E-state index contributed by atoms with van der Waals surface area (Å²) < 4.78 is 2.77. The number of anilines is 1. The molecule has 6 nitrogen and oxygen atoms in total. The molecule has 0 N–H and O–H groups in total. The van der Waals surface area contributed by atoms with Crippen LogP contribution in [-0.4, -0.2) is 38.7 Å². The molecule has 0 saturated heterocycles. The number of rotatable bonds is 2. The minimum Gasteiger partial charge on any atom is -0.376 e. The van der Waals surface area contributed by atoms with E-state index in [1.54, 1.807) is 16.9 Å². The summed E-state index contributed by atoms with van der Waals surface area (Å²) in [5, 5.41) is 4.15. The van der Waals surface area contributed by atoms with Gasteiger partial charge in [-0.1, -0.05) is 0 Å². The molecule has 0 aliphatic heterocycles. The molecule has 0 aliphatic rings. The van der Waals surface area contributed by atoms with Gasteiger partial charge in [-0.15, -0.1) is 0 Å². The zero-order valence-corrected chi connectivity index (χ0v) is 12.6. The first-order valence-electron chi connectivity index (χ1n) is 5.65. The minimum atomic E-state index is 0.575. The number of imidazole rings is 1. The zero-order valence-electron chi connectivity index (χ0n) is 10.4. The fraction of sp³-hybridized carbons (Fsp3) is 0.167. The molecule has 0 fully saturated rings. The third kappa shape index (κ3) is 2.25. The number of hydrogen-bond donors (Lipinski definition) is 0. The summed E-state index contributed by atoms with van der Waals surface area (Å²) in [4.78, 5) is 15.0. The maximum Gasteiger partial charge on any atom is 0.251 e. The van der Waals surface area contributed by atoms with Gasteiger partial charge >= 0.3 is 0 Å². The Labute approximate surface area is 123 Å². The van der Waals surface area contributed by atoms with Gasteiger partial charge in [0.2, 0.25) is 0 Å². The quantitative estimate of drug-likeness (QED) is 0.648. The van der Waals surface area contributed by atoms with Crippen LogP contribution in [0.5, 0.6) is 0 Å². The van der Waals surface area contributed by atoms with Gasteiger partial charge in [0.25, 0.3) is 5.78 Å². The molecule has 0 aromatic carbocycles. The molecule has 0 saturated carbocycles. The number of nitrogens with zero attached hydrogens (tertiary/aromatic N) is 6. The number of fused-ring (bicyclic) bond motifs is 1. The van der Waals surface area contributed by atoms with E-state index in [0.29, 0.717) is 5.78 Å². The minimum absolute atomic E-state index is 0.575. The standard InChI is InChI=1S/C12H11IN6/c1-18(2)11-6-15-9(5-8(11)13)10-7-19-12(17-10)14-3-4-16-19/h3-7H,1-2H3. The highest BCUT2D eigenvalue weighted by atomic mass is 127. The van der Waals surface area contributed by atoms with Gasteiger partial charge < -0.3 is 4.90 Å². The van der Waals surface area contributed by atoms with E-state index >= 15 is 0 Å². The van der Waals surface area contributed by atoms with E-state index in [1.165, 1.54) is 0 Å². The number of halogens is 1. The Balaban J connectivity index is 2.09. The molecule has 0 unspecified atom stereocenters. The van der Waals surface area contributed by atoms with Gasteiger partial charge in [0.05, 0.1) is 36.2 Å². The van der Waals surface area contributed by atoms with Crippen LogP contribution in [0.25, 0.3) is 17.2 Å². The van der Waals surface area contributed by atoms with Crippen molar-refractivity contribution in [3.8, 4) is 11.4 Å². The smallest absolute Gasteiger partial charge is 0.251 e. The maximum absolute atomic E-state index is 4.45. The lowest BCUT2D eigenvalue weighted by molar-refractivity contribution is 0.902. The van der Waals surface area contributed by atoms with Gasteiger partial charge in [-0.25, -0.2) is 14.5 Å². The summed E-state index contributed by atoms with van der Waals surface area (Å²) >= 11 is 2.30. The Morgan fingerprint density at radius 2 is 2.00 bits per heavy atom. The molecule has 3 aromatic rings. The fourth-order valence-electron chi connectivity index (χ4n) is 1.75. The van der Waals surface area contributed by atoms with Crippen LogP contribution in [-0.2, 0) is 0 Å². The van der Waals surface area contributed by atoms with Crippen LogP contribution in [0.15, 0.2) is 30.9 Å². The predicted molar refractivity (Wildman–Crippen MR) is 81.1 cm³/mol. The first kappa shape index (κ1) is 12.3. The lowest BCUT2D eigenvalue weighted by atomic mass is 10.3. The van der Waals surface area contributed by atoms with Crippen LogP contribution in [0.4, 0.5) is 5.69 Å². The second kappa shape index (κ2) is 4.72. The maximum atomic E-state index is 4.45. The van der Waals surface area contributed by atoms with E-state index in [1.807, 2.05) is 37.5 Å². The molecule has 0 radical (unpaired) electrons. The van der Waals surface area contributed by atoms with E-state index in [4.69, 9.17) is 0 Å². The topological polar surface area (TPSA) is 59.2 Å². The molecule has 96 valence electrons. The lowest BCUT2D eigenvalue weighted by Crippen LogP contribution is -2.10. The average Bonchev–Trinajstić information content (AvgIpc) is 2.81. The van der Waals surface area contributed by atoms with E-state index in [9.17, 15) is 0 Å². The van der Waals surface area contributed by atoms with Crippen molar-refractivity contribution in [2.45, 2.75) is 0 Å². The Morgan fingerprint density at radius 1 is 1.16 bits per heavy atom. The monoisotopic (exact) mass is 366 g/mol. The third-order valence-corrected chi connectivity index (χ3v) is 3.56. The molecule has 0 amide bonds. The second-order valence-corrected chi connectivity index (χ2v) is 5.39. The molecule has 0 aliphatic carbocycles. The van der Waals surface area contributed by atoms with E-state index < -0.39 is 0 Å². The van der Waals surface area contributed by atoms with Crippen molar-refractivity contribution < 1.29 is 0 Å². The van der Waals surface area contributed by atoms with Crippen molar-refractivity contribution in [3.63, 3.8) is 0 Å². The first-order valence-corrected chi connectivity index (χ1v) is 6.72. The Bertz CT molecular complexity index is 703. The summed E-state index contributed by atoms with van der Waals surface area (Å²) in [6.07, 6.45) is 6.93. The third-order valence-electron chi connectivity index (χ3n) is 2.70. The lowest BCUT2D eigenvalue weighted by Gasteiger charge is -2.14. The molecule has 19 heavy (non-hydrogen) atoms. The number of pyridine rings is 1. The van der Waals surface area contributed by atoms with E-state index in [0.717, 1.165) is 20.6 Å². The van der Waals surface area contributed by atoms with Crippen LogP contribution in [0.3, 0.4) is 0 Å². The fourth-order valence-corrected chi connectivity index (χ4v) is 2.67. The van der Waals surface area contributed by atoms with Gasteiger partial charge in [-0.3, -0.25) is 4.98 Å². The van der Waals surface area contributed by atoms with Gasteiger partial charge in [-0.2, -0.15) is 5.10 Å². The van der Waals surface area contributed by atoms with E-state index in [2.05, 4.69) is 42.6 Å². The molecule has 3 aromatic heterocycles. The average molecular weight is 366 g/mol. The van der Waals surface area contributed by atoms with Crippen molar-refractivity contribution in [3.05, 3.63) is 34.4 Å². The summed E-state index contributed by atoms with van der Waals surface area (Å²) in [6, 6.07) is 2.01. The van der Waals surface area contributed by atoms with Crippen molar-refractivity contribution in [1.29, 1.82) is 0 Å². The number of hydrogen-bond acceptors (Lipinski definition) is 5. The van der Waals surface area contributed by atoms with Crippen LogP contribution in [0.1, 0.15) is 0 Å². The summed E-state index contributed by atoms with van der Waals surface area (Å²) in [5.74, 6) is 0.575. The Hall–Kier alpha value is -1.77. The van der Waals surface area contributed by atoms with Crippen LogP contribution in [0, 0.1) is 3.57 Å². The van der Waals surface area contributed by atoms with Crippen LogP contribution in [0.2, 0.25) is 0 Å². The van der Waals surface area contributed by atoms with Crippen molar-refractivity contribution in [2.24, 2.45) is 0 Å². The highest BCUT2D eigenvalue weighted by molar-refractivity contribution is 14.1. The molecule has 0 spiro atoms. The molecular weight excluding hydrogens is 355 g/mol. The van der Waals surface area contributed by atoms with Crippen molar-refractivity contribution >= 4 is 34.1 Å². The molecule has 3 heterocycles. The molecule has 0 atom stereocenters. The van der Waals surface area contributed by atoms with Crippen LogP contribution >= 0.6 is 22.6 Å². The SMILES string of the molecule is CN(C)c1cnc(-c2cn3nccnc3n2)cc1I. The highest BCUT2D eigenvalue weighted by Gasteiger charge is 2.10. The molecular formula is C12H11IN6. The molecule has 3 rings (SSSR count). The zero-order chi connectivity index (χ0) is 13.4. The summed E-state index contributed by atoms with van der Waals surface area (Å²) in [7, 11) is 4.00.